The number of nitrogens with one attached hydrogen (secondary N) is 1. The van der Waals surface area contributed by atoms with Gasteiger partial charge in [-0.3, -0.25) is 9.59 Å². The Hall–Kier alpha value is -2.75. The molecule has 8 nitrogen and oxygen atoms in total. The van der Waals surface area contributed by atoms with Gasteiger partial charge in [-0.2, -0.15) is 5.01 Å². The summed E-state index contributed by atoms with van der Waals surface area (Å²) in [6.45, 7) is 5.13. The van der Waals surface area contributed by atoms with E-state index in [0.717, 1.165) is 17.9 Å². The van der Waals surface area contributed by atoms with Crippen LogP contribution in [0.25, 0.3) is 0 Å². The third kappa shape index (κ3) is 4.85. The second-order valence-corrected chi connectivity index (χ2v) is 8.52. The van der Waals surface area contributed by atoms with E-state index in [9.17, 15) is 23.2 Å². The number of piperazine rings is 1. The Morgan fingerprint density at radius 3 is 2.50 bits per heavy atom. The Kier molecular flexibility index (Phi) is 7.65. The van der Waals surface area contributed by atoms with Crippen molar-refractivity contribution in [2.24, 2.45) is 5.92 Å². The number of fused-ring (bicyclic) bond motifs is 1. The summed E-state index contributed by atoms with van der Waals surface area (Å²) in [5, 5.41) is 5.01. The molecule has 0 saturated carbocycles. The first kappa shape index (κ1) is 23.9. The van der Waals surface area contributed by atoms with Crippen LogP contribution < -0.4 is 5.32 Å². The standard InChI is InChI=1S/C22H31F2N5O3/c1-4-5-10-26-12-18-28(20(15(2)3)21(26)31)19(30)13-27(14-23)29(18)22(32)25-11-16-6-8-17(24)9-7-16/h6-9,15,18,20H,4-5,10-14H2,1-3H3,(H,25,32)/t18-,20-/m0/s1. The Bertz CT molecular complexity index is 835. The summed E-state index contributed by atoms with van der Waals surface area (Å²) in [5.41, 5.74) is 0.681. The molecule has 176 valence electrons. The number of carbonyl (C=O) groups is 3. The molecule has 32 heavy (non-hydrogen) atoms. The summed E-state index contributed by atoms with van der Waals surface area (Å²) >= 11 is 0. The number of urea groups is 1. The van der Waals surface area contributed by atoms with Crippen molar-refractivity contribution < 1.29 is 23.2 Å². The van der Waals surface area contributed by atoms with E-state index in [1.807, 2.05) is 20.8 Å². The molecule has 4 amide bonds. The van der Waals surface area contributed by atoms with E-state index in [1.54, 1.807) is 17.0 Å². The summed E-state index contributed by atoms with van der Waals surface area (Å²) in [6, 6.07) is 4.39. The molecule has 0 aliphatic carbocycles. The van der Waals surface area contributed by atoms with Crippen molar-refractivity contribution in [2.75, 3.05) is 26.4 Å². The van der Waals surface area contributed by atoms with Crippen molar-refractivity contribution in [3.8, 4) is 0 Å². The number of benzene rings is 1. The number of carbonyl (C=O) groups excluding carboxylic acids is 3. The molecule has 3 rings (SSSR count). The van der Waals surface area contributed by atoms with Gasteiger partial charge in [-0.15, -0.1) is 0 Å². The Labute approximate surface area is 187 Å². The van der Waals surface area contributed by atoms with Crippen LogP contribution in [0.4, 0.5) is 13.6 Å². The molecule has 2 atom stereocenters. The van der Waals surface area contributed by atoms with Gasteiger partial charge in [-0.05, 0) is 30.0 Å². The van der Waals surface area contributed by atoms with Crippen LogP contribution in [-0.4, -0.2) is 76.3 Å². The largest absolute Gasteiger partial charge is 0.337 e. The third-order valence-electron chi connectivity index (χ3n) is 5.88. The third-order valence-corrected chi connectivity index (χ3v) is 5.88. The zero-order chi connectivity index (χ0) is 23.4. The molecule has 2 aliphatic rings. The van der Waals surface area contributed by atoms with Crippen LogP contribution in [0.2, 0.25) is 0 Å². The average Bonchev–Trinajstić information content (AvgIpc) is 2.76. The molecular weight excluding hydrogens is 420 g/mol. The van der Waals surface area contributed by atoms with E-state index in [0.29, 0.717) is 12.1 Å². The monoisotopic (exact) mass is 451 g/mol. The molecule has 1 aromatic rings. The molecule has 2 fully saturated rings. The van der Waals surface area contributed by atoms with E-state index in [4.69, 9.17) is 0 Å². The van der Waals surface area contributed by atoms with Crippen LogP contribution in [0, 0.1) is 11.7 Å². The fourth-order valence-corrected chi connectivity index (χ4v) is 4.27. The van der Waals surface area contributed by atoms with Crippen molar-refractivity contribution in [3.63, 3.8) is 0 Å². The topological polar surface area (TPSA) is 76.2 Å². The zero-order valence-electron chi connectivity index (χ0n) is 18.8. The normalized spacial score (nSPS) is 21.9. The van der Waals surface area contributed by atoms with Crippen LogP contribution in [0.1, 0.15) is 39.2 Å². The highest BCUT2D eigenvalue weighted by Crippen LogP contribution is 2.29. The summed E-state index contributed by atoms with van der Waals surface area (Å²) in [4.78, 5) is 42.3. The number of alkyl halides is 1. The van der Waals surface area contributed by atoms with E-state index in [-0.39, 0.29) is 43.2 Å². The second-order valence-electron chi connectivity index (χ2n) is 8.52. The highest BCUT2D eigenvalue weighted by atomic mass is 19.1. The van der Waals surface area contributed by atoms with Crippen LogP contribution in [-0.2, 0) is 16.1 Å². The van der Waals surface area contributed by atoms with Crippen LogP contribution in [0.3, 0.4) is 0 Å². The molecule has 0 radical (unpaired) electrons. The lowest BCUT2D eigenvalue weighted by Crippen LogP contribution is -2.77. The quantitative estimate of drug-likeness (QED) is 0.646. The van der Waals surface area contributed by atoms with Gasteiger partial charge >= 0.3 is 6.03 Å². The van der Waals surface area contributed by atoms with E-state index in [1.165, 1.54) is 22.0 Å². The highest BCUT2D eigenvalue weighted by Gasteiger charge is 2.52. The lowest BCUT2D eigenvalue weighted by Gasteiger charge is -2.55. The molecule has 0 unspecified atom stereocenters. The smallest absolute Gasteiger partial charge is 0.334 e. The van der Waals surface area contributed by atoms with Crippen LogP contribution >= 0.6 is 0 Å². The van der Waals surface area contributed by atoms with Gasteiger partial charge in [0.2, 0.25) is 11.8 Å². The maximum absolute atomic E-state index is 13.9. The lowest BCUT2D eigenvalue weighted by molar-refractivity contribution is -0.197. The number of amides is 4. The molecule has 1 aromatic carbocycles. The predicted octanol–water partition coefficient (Wildman–Crippen LogP) is 2.32. The van der Waals surface area contributed by atoms with Gasteiger partial charge < -0.3 is 15.1 Å². The first-order valence-electron chi connectivity index (χ1n) is 11.0. The van der Waals surface area contributed by atoms with E-state index in [2.05, 4.69) is 5.32 Å². The van der Waals surface area contributed by atoms with Crippen LogP contribution in [0.5, 0.6) is 0 Å². The summed E-state index contributed by atoms with van der Waals surface area (Å²) in [7, 11) is 0. The van der Waals surface area contributed by atoms with E-state index >= 15 is 0 Å². The van der Waals surface area contributed by atoms with Crippen molar-refractivity contribution in [2.45, 2.75) is 52.4 Å². The molecular formula is C22H31F2N5O3. The zero-order valence-corrected chi connectivity index (χ0v) is 18.8. The van der Waals surface area contributed by atoms with Gasteiger partial charge in [-0.1, -0.05) is 39.3 Å². The number of hydrogen-bond donors (Lipinski definition) is 1. The minimum Gasteiger partial charge on any atom is -0.337 e. The number of hydrazine groups is 1. The van der Waals surface area contributed by atoms with Gasteiger partial charge in [0.25, 0.3) is 0 Å². The first-order valence-corrected chi connectivity index (χ1v) is 11.0. The molecule has 1 N–H and O–H groups in total. The Morgan fingerprint density at radius 1 is 1.22 bits per heavy atom. The molecule has 2 heterocycles. The highest BCUT2D eigenvalue weighted by molar-refractivity contribution is 5.91. The minimum absolute atomic E-state index is 0.114. The van der Waals surface area contributed by atoms with Gasteiger partial charge in [0.1, 0.15) is 24.6 Å². The molecule has 0 spiro atoms. The lowest BCUT2D eigenvalue weighted by atomic mass is 9.96. The summed E-state index contributed by atoms with van der Waals surface area (Å²) < 4.78 is 27.0. The van der Waals surface area contributed by atoms with Gasteiger partial charge in [0, 0.05) is 13.1 Å². The molecule has 2 saturated heterocycles. The van der Waals surface area contributed by atoms with Crippen molar-refractivity contribution in [3.05, 3.63) is 35.6 Å². The molecule has 10 heteroatoms. The van der Waals surface area contributed by atoms with Gasteiger partial charge in [-0.25, -0.2) is 18.6 Å². The fraction of sp³-hybridized carbons (Fsp3) is 0.591. The number of rotatable bonds is 7. The fourth-order valence-electron chi connectivity index (χ4n) is 4.27. The maximum Gasteiger partial charge on any atom is 0.334 e. The predicted molar refractivity (Wildman–Crippen MR) is 114 cm³/mol. The Balaban J connectivity index is 1.87. The van der Waals surface area contributed by atoms with Crippen molar-refractivity contribution in [1.82, 2.24) is 25.1 Å². The van der Waals surface area contributed by atoms with Gasteiger partial charge in [0.15, 0.2) is 6.80 Å². The number of halogens is 2. The van der Waals surface area contributed by atoms with Crippen molar-refractivity contribution >= 4 is 17.8 Å². The van der Waals surface area contributed by atoms with Crippen LogP contribution in [0.15, 0.2) is 24.3 Å². The molecule has 0 bridgehead atoms. The van der Waals surface area contributed by atoms with Crippen molar-refractivity contribution in [1.29, 1.82) is 0 Å². The number of nitrogens with zero attached hydrogens (tertiary/aromatic N) is 4. The van der Waals surface area contributed by atoms with E-state index < -0.39 is 25.0 Å². The molecule has 2 aliphatic heterocycles. The van der Waals surface area contributed by atoms with Gasteiger partial charge in [0.05, 0.1) is 6.54 Å². The minimum atomic E-state index is -1.02. The number of unbranched alkanes of at least 4 members (excludes halogenated alkanes) is 1. The SMILES string of the molecule is CCCCN1C[C@H]2N(C(=O)CN(CF)N2C(=O)NCc2ccc(F)cc2)[C@@H](C(C)C)C1=O. The first-order chi connectivity index (χ1) is 15.3. The average molecular weight is 452 g/mol. The number of hydrogen-bond acceptors (Lipinski definition) is 4. The Morgan fingerprint density at radius 2 is 1.91 bits per heavy atom. The molecule has 0 aromatic heterocycles. The second kappa shape index (κ2) is 10.2. The summed E-state index contributed by atoms with van der Waals surface area (Å²) in [5.74, 6) is -1.07. The summed E-state index contributed by atoms with van der Waals surface area (Å²) in [6.07, 6.45) is 0.880. The maximum atomic E-state index is 13.9.